The minimum atomic E-state index is -0.585. The van der Waals surface area contributed by atoms with Crippen molar-refractivity contribution in [2.24, 2.45) is 0 Å². The van der Waals surface area contributed by atoms with Gasteiger partial charge in [0.25, 0.3) is 11.4 Å². The highest BCUT2D eigenvalue weighted by atomic mass is 35.5. The lowest BCUT2D eigenvalue weighted by molar-refractivity contribution is -0.385. The maximum Gasteiger partial charge on any atom is 0.288 e. The molecule has 0 fully saturated rings. The van der Waals surface area contributed by atoms with E-state index in [4.69, 9.17) is 16.0 Å². The predicted molar refractivity (Wildman–Crippen MR) is 102 cm³/mol. The quantitative estimate of drug-likeness (QED) is 0.320. The third-order valence-electron chi connectivity index (χ3n) is 3.85. The number of hydrogen-bond acceptors (Lipinski definition) is 6. The summed E-state index contributed by atoms with van der Waals surface area (Å²) in [4.78, 5) is 20.6. The molecular formula is C19H10ClN3O5. The summed E-state index contributed by atoms with van der Waals surface area (Å²) in [6.07, 6.45) is 1.48. The monoisotopic (exact) mass is 395 g/mol. The fourth-order valence-corrected chi connectivity index (χ4v) is 2.66. The van der Waals surface area contributed by atoms with Crippen LogP contribution in [0.5, 0.6) is 0 Å². The molecule has 138 valence electrons. The average molecular weight is 396 g/mol. The molecule has 0 saturated carbocycles. The number of nitro groups is 2. The first kappa shape index (κ1) is 18.8. The van der Waals surface area contributed by atoms with Crippen LogP contribution >= 0.6 is 11.6 Å². The largest absolute Gasteiger partial charge is 0.457 e. The van der Waals surface area contributed by atoms with E-state index in [0.717, 1.165) is 0 Å². The van der Waals surface area contributed by atoms with Gasteiger partial charge in [0.2, 0.25) is 0 Å². The molecule has 1 heterocycles. The van der Waals surface area contributed by atoms with Crippen LogP contribution in [0.15, 0.2) is 59.0 Å². The lowest BCUT2D eigenvalue weighted by Crippen LogP contribution is -1.89. The van der Waals surface area contributed by atoms with Crippen LogP contribution in [-0.4, -0.2) is 9.85 Å². The number of furan rings is 1. The molecule has 0 amide bonds. The highest BCUT2D eigenvalue weighted by Gasteiger charge is 2.15. The molecule has 3 aromatic rings. The maximum absolute atomic E-state index is 11.0. The summed E-state index contributed by atoms with van der Waals surface area (Å²) < 4.78 is 5.66. The van der Waals surface area contributed by atoms with Crippen LogP contribution in [-0.2, 0) is 0 Å². The summed E-state index contributed by atoms with van der Waals surface area (Å²) in [6, 6.07) is 15.1. The van der Waals surface area contributed by atoms with E-state index < -0.39 is 9.85 Å². The van der Waals surface area contributed by atoms with E-state index in [2.05, 4.69) is 0 Å². The number of nitro benzene ring substituents is 2. The van der Waals surface area contributed by atoms with Crippen molar-refractivity contribution in [3.63, 3.8) is 0 Å². The fourth-order valence-electron chi connectivity index (χ4n) is 2.48. The van der Waals surface area contributed by atoms with E-state index in [1.54, 1.807) is 18.2 Å². The van der Waals surface area contributed by atoms with Gasteiger partial charge in [0.1, 0.15) is 16.5 Å². The number of benzene rings is 2. The highest BCUT2D eigenvalue weighted by Crippen LogP contribution is 2.32. The molecule has 3 rings (SSSR count). The fraction of sp³-hybridized carbons (Fsp3) is 0. The zero-order valence-corrected chi connectivity index (χ0v) is 14.8. The molecule has 0 aliphatic carbocycles. The number of rotatable bonds is 5. The molecule has 9 heteroatoms. The number of nitriles is 1. The van der Waals surface area contributed by atoms with E-state index in [-0.39, 0.29) is 22.0 Å². The van der Waals surface area contributed by atoms with Gasteiger partial charge < -0.3 is 4.42 Å². The summed E-state index contributed by atoms with van der Waals surface area (Å²) >= 11 is 5.81. The van der Waals surface area contributed by atoms with Crippen LogP contribution in [0.2, 0.25) is 5.02 Å². The van der Waals surface area contributed by atoms with Gasteiger partial charge in [-0.2, -0.15) is 5.26 Å². The normalized spacial score (nSPS) is 11.1. The molecule has 0 unspecified atom stereocenters. The lowest BCUT2D eigenvalue weighted by atomic mass is 10.1. The zero-order valence-electron chi connectivity index (χ0n) is 14.0. The first-order valence-electron chi connectivity index (χ1n) is 7.80. The van der Waals surface area contributed by atoms with Crippen molar-refractivity contribution in [2.75, 3.05) is 0 Å². The second-order valence-electron chi connectivity index (χ2n) is 5.60. The minimum absolute atomic E-state index is 0.0189. The van der Waals surface area contributed by atoms with Gasteiger partial charge in [0.05, 0.1) is 21.5 Å². The van der Waals surface area contributed by atoms with Gasteiger partial charge in [0.15, 0.2) is 0 Å². The number of halogens is 1. The van der Waals surface area contributed by atoms with Gasteiger partial charge in [-0.1, -0.05) is 11.6 Å². The summed E-state index contributed by atoms with van der Waals surface area (Å²) in [7, 11) is 0. The van der Waals surface area contributed by atoms with Gasteiger partial charge >= 0.3 is 0 Å². The van der Waals surface area contributed by atoms with Crippen molar-refractivity contribution in [1.29, 1.82) is 5.26 Å². The Hall–Kier alpha value is -3.96. The molecule has 0 spiro atoms. The van der Waals surface area contributed by atoms with E-state index in [9.17, 15) is 25.5 Å². The Morgan fingerprint density at radius 3 is 2.36 bits per heavy atom. The van der Waals surface area contributed by atoms with Crippen LogP contribution in [0.1, 0.15) is 11.3 Å². The first-order chi connectivity index (χ1) is 13.4. The average Bonchev–Trinajstić information content (AvgIpc) is 3.15. The number of allylic oxidation sites excluding steroid dienone is 1. The van der Waals surface area contributed by atoms with E-state index >= 15 is 0 Å². The molecule has 0 radical (unpaired) electrons. The Kier molecular flexibility index (Phi) is 5.20. The van der Waals surface area contributed by atoms with Crippen molar-refractivity contribution in [1.82, 2.24) is 0 Å². The molecule has 0 saturated heterocycles. The van der Waals surface area contributed by atoms with Crippen LogP contribution in [0.25, 0.3) is 23.0 Å². The molecule has 1 aromatic heterocycles. The highest BCUT2D eigenvalue weighted by molar-refractivity contribution is 6.32. The Bertz CT molecular complexity index is 1140. The molecule has 0 aliphatic heterocycles. The standard InChI is InChI=1S/C19H10ClN3O5/c20-17-7-3-13(10-18(17)23(26)27)19-8-6-16(28-19)9-14(11-21)12-1-4-15(5-2-12)22(24)25/h1-10H/b14-9+. The molecular weight excluding hydrogens is 386 g/mol. The van der Waals surface area contributed by atoms with Crippen molar-refractivity contribution in [3.05, 3.63) is 91.2 Å². The molecule has 0 bridgehead atoms. The minimum Gasteiger partial charge on any atom is -0.457 e. The van der Waals surface area contributed by atoms with Crippen LogP contribution in [0.4, 0.5) is 11.4 Å². The summed E-state index contributed by atoms with van der Waals surface area (Å²) in [5.74, 6) is 0.717. The van der Waals surface area contributed by atoms with Gasteiger partial charge in [0, 0.05) is 23.8 Å². The summed E-state index contributed by atoms with van der Waals surface area (Å²) in [6.45, 7) is 0. The number of non-ortho nitro benzene ring substituents is 1. The van der Waals surface area contributed by atoms with Crippen LogP contribution in [0.3, 0.4) is 0 Å². The Morgan fingerprint density at radius 1 is 1.04 bits per heavy atom. The molecule has 0 N–H and O–H groups in total. The van der Waals surface area contributed by atoms with Gasteiger partial charge in [-0.3, -0.25) is 20.2 Å². The van der Waals surface area contributed by atoms with Crippen LogP contribution in [0, 0.1) is 31.6 Å². The second-order valence-corrected chi connectivity index (χ2v) is 6.01. The van der Waals surface area contributed by atoms with Gasteiger partial charge in [-0.05, 0) is 48.0 Å². The zero-order chi connectivity index (χ0) is 20.3. The molecule has 0 aliphatic rings. The van der Waals surface area contributed by atoms with Crippen molar-refractivity contribution in [2.45, 2.75) is 0 Å². The molecule has 28 heavy (non-hydrogen) atoms. The summed E-state index contributed by atoms with van der Waals surface area (Å²) in [5.41, 5.74) is 0.887. The second kappa shape index (κ2) is 7.73. The Balaban J connectivity index is 1.92. The first-order valence-corrected chi connectivity index (χ1v) is 8.17. The SMILES string of the molecule is N#C/C(=C\c1ccc(-c2ccc(Cl)c([N+](=O)[O-])c2)o1)c1ccc([N+](=O)[O-])cc1. The predicted octanol–water partition coefficient (Wildman–Crippen LogP) is 5.48. The molecule has 0 atom stereocenters. The summed E-state index contributed by atoms with van der Waals surface area (Å²) in [5, 5.41) is 31.2. The molecule has 2 aromatic carbocycles. The topological polar surface area (TPSA) is 123 Å². The van der Waals surface area contributed by atoms with E-state index in [0.29, 0.717) is 22.6 Å². The maximum atomic E-state index is 11.0. The number of nitrogens with zero attached hydrogens (tertiary/aromatic N) is 3. The van der Waals surface area contributed by atoms with Crippen LogP contribution < -0.4 is 0 Å². The van der Waals surface area contributed by atoms with Gasteiger partial charge in [-0.15, -0.1) is 0 Å². The lowest BCUT2D eigenvalue weighted by Gasteiger charge is -2.00. The third-order valence-corrected chi connectivity index (χ3v) is 4.17. The van der Waals surface area contributed by atoms with Crippen molar-refractivity contribution >= 4 is 34.6 Å². The smallest absolute Gasteiger partial charge is 0.288 e. The Labute approximate surface area is 163 Å². The van der Waals surface area contributed by atoms with E-state index in [1.165, 1.54) is 42.5 Å². The molecule has 8 nitrogen and oxygen atoms in total. The van der Waals surface area contributed by atoms with Crippen molar-refractivity contribution < 1.29 is 14.3 Å². The third kappa shape index (κ3) is 3.90. The van der Waals surface area contributed by atoms with E-state index in [1.807, 2.05) is 6.07 Å². The number of hydrogen-bond donors (Lipinski definition) is 0. The van der Waals surface area contributed by atoms with Crippen molar-refractivity contribution in [3.8, 4) is 17.4 Å². The Morgan fingerprint density at radius 2 is 1.75 bits per heavy atom. The van der Waals surface area contributed by atoms with Gasteiger partial charge in [-0.25, -0.2) is 0 Å².